The van der Waals surface area contributed by atoms with Crippen LogP contribution in [0.3, 0.4) is 0 Å². The SMILES string of the molecule is CC(C)C1CCCN(c2ccc(C=O)cc2)CC1. The average molecular weight is 245 g/mol. The molecule has 1 unspecified atom stereocenters. The zero-order valence-electron chi connectivity index (χ0n) is 11.4. The van der Waals surface area contributed by atoms with E-state index in [0.29, 0.717) is 0 Å². The average Bonchev–Trinajstić information content (AvgIpc) is 2.64. The van der Waals surface area contributed by atoms with Crippen molar-refractivity contribution in [3.05, 3.63) is 29.8 Å². The minimum Gasteiger partial charge on any atom is -0.372 e. The van der Waals surface area contributed by atoms with Gasteiger partial charge in [-0.1, -0.05) is 13.8 Å². The third-order valence-corrected chi connectivity index (χ3v) is 4.11. The Bertz CT molecular complexity index is 383. The van der Waals surface area contributed by atoms with Crippen LogP contribution in [0.25, 0.3) is 0 Å². The van der Waals surface area contributed by atoms with Crippen molar-refractivity contribution in [3.8, 4) is 0 Å². The molecule has 1 aliphatic heterocycles. The second-order valence-corrected chi connectivity index (χ2v) is 5.63. The summed E-state index contributed by atoms with van der Waals surface area (Å²) in [5.41, 5.74) is 2.01. The Morgan fingerprint density at radius 1 is 1.17 bits per heavy atom. The number of carbonyl (C=O) groups excluding carboxylic acids is 1. The number of rotatable bonds is 3. The highest BCUT2D eigenvalue weighted by Gasteiger charge is 2.19. The Hall–Kier alpha value is -1.31. The van der Waals surface area contributed by atoms with E-state index in [9.17, 15) is 4.79 Å². The third-order valence-electron chi connectivity index (χ3n) is 4.11. The van der Waals surface area contributed by atoms with Gasteiger partial charge < -0.3 is 4.90 Å². The van der Waals surface area contributed by atoms with E-state index in [1.807, 2.05) is 12.1 Å². The van der Waals surface area contributed by atoms with Gasteiger partial charge in [-0.2, -0.15) is 0 Å². The van der Waals surface area contributed by atoms with Crippen LogP contribution < -0.4 is 4.90 Å². The standard InChI is InChI=1S/C16H23NO/c1-13(2)15-4-3-10-17(11-9-15)16-7-5-14(12-18)6-8-16/h5-8,12-13,15H,3-4,9-11H2,1-2H3. The molecule has 2 rings (SSSR count). The zero-order chi connectivity index (χ0) is 13.0. The molecule has 0 aromatic heterocycles. The molecule has 1 aromatic rings. The van der Waals surface area contributed by atoms with Gasteiger partial charge in [-0.05, 0) is 55.4 Å². The van der Waals surface area contributed by atoms with Crippen molar-refractivity contribution in [1.82, 2.24) is 0 Å². The lowest BCUT2D eigenvalue weighted by atomic mass is 9.89. The Balaban J connectivity index is 2.02. The zero-order valence-corrected chi connectivity index (χ0v) is 11.4. The minimum absolute atomic E-state index is 0.758. The summed E-state index contributed by atoms with van der Waals surface area (Å²) in [7, 11) is 0. The molecule has 1 fully saturated rings. The van der Waals surface area contributed by atoms with Crippen LogP contribution in [0.4, 0.5) is 5.69 Å². The van der Waals surface area contributed by atoms with Gasteiger partial charge in [0.05, 0.1) is 0 Å². The molecule has 1 saturated heterocycles. The first kappa shape index (κ1) is 13.1. The van der Waals surface area contributed by atoms with E-state index in [1.54, 1.807) is 0 Å². The molecule has 1 atom stereocenters. The summed E-state index contributed by atoms with van der Waals surface area (Å²) in [6.07, 6.45) is 4.81. The van der Waals surface area contributed by atoms with Crippen LogP contribution in [0.15, 0.2) is 24.3 Å². The van der Waals surface area contributed by atoms with Gasteiger partial charge in [0, 0.05) is 24.3 Å². The van der Waals surface area contributed by atoms with Crippen molar-refractivity contribution < 1.29 is 4.79 Å². The van der Waals surface area contributed by atoms with Gasteiger partial charge in [-0.15, -0.1) is 0 Å². The largest absolute Gasteiger partial charge is 0.372 e. The number of aldehydes is 1. The van der Waals surface area contributed by atoms with E-state index in [4.69, 9.17) is 0 Å². The third kappa shape index (κ3) is 3.12. The highest BCUT2D eigenvalue weighted by Crippen LogP contribution is 2.27. The first-order chi connectivity index (χ1) is 8.70. The number of carbonyl (C=O) groups is 1. The van der Waals surface area contributed by atoms with E-state index in [-0.39, 0.29) is 0 Å². The van der Waals surface area contributed by atoms with Crippen LogP contribution in [-0.2, 0) is 0 Å². The summed E-state index contributed by atoms with van der Waals surface area (Å²) >= 11 is 0. The minimum atomic E-state index is 0.758. The van der Waals surface area contributed by atoms with Gasteiger partial charge in [0.25, 0.3) is 0 Å². The van der Waals surface area contributed by atoms with Gasteiger partial charge in [0.2, 0.25) is 0 Å². The van der Waals surface area contributed by atoms with Crippen molar-refractivity contribution in [2.75, 3.05) is 18.0 Å². The van der Waals surface area contributed by atoms with Crippen LogP contribution in [0, 0.1) is 11.8 Å². The van der Waals surface area contributed by atoms with E-state index in [0.717, 1.165) is 36.8 Å². The summed E-state index contributed by atoms with van der Waals surface area (Å²) in [5.74, 6) is 1.66. The van der Waals surface area contributed by atoms with Crippen LogP contribution in [-0.4, -0.2) is 19.4 Å². The number of hydrogen-bond acceptors (Lipinski definition) is 2. The monoisotopic (exact) mass is 245 g/mol. The van der Waals surface area contributed by atoms with Gasteiger partial charge in [-0.25, -0.2) is 0 Å². The number of hydrogen-bond donors (Lipinski definition) is 0. The van der Waals surface area contributed by atoms with E-state index < -0.39 is 0 Å². The van der Waals surface area contributed by atoms with Gasteiger partial charge >= 0.3 is 0 Å². The fourth-order valence-corrected chi connectivity index (χ4v) is 2.81. The molecule has 0 amide bonds. The van der Waals surface area contributed by atoms with E-state index >= 15 is 0 Å². The smallest absolute Gasteiger partial charge is 0.150 e. The first-order valence-electron chi connectivity index (χ1n) is 7.01. The van der Waals surface area contributed by atoms with Gasteiger partial charge in [0.1, 0.15) is 6.29 Å². The molecule has 1 aliphatic rings. The molecule has 0 N–H and O–H groups in total. The Kier molecular flexibility index (Phi) is 4.40. The molecule has 98 valence electrons. The summed E-state index contributed by atoms with van der Waals surface area (Å²) in [4.78, 5) is 13.1. The van der Waals surface area contributed by atoms with Crippen molar-refractivity contribution >= 4 is 12.0 Å². The van der Waals surface area contributed by atoms with Gasteiger partial charge in [-0.3, -0.25) is 4.79 Å². The van der Waals surface area contributed by atoms with Crippen molar-refractivity contribution in [2.24, 2.45) is 11.8 Å². The molecule has 0 spiro atoms. The second kappa shape index (κ2) is 6.03. The van der Waals surface area contributed by atoms with Crippen LogP contribution in [0.1, 0.15) is 43.5 Å². The van der Waals surface area contributed by atoms with Gasteiger partial charge in [0.15, 0.2) is 0 Å². The summed E-state index contributed by atoms with van der Waals surface area (Å²) in [5, 5.41) is 0. The fraction of sp³-hybridized carbons (Fsp3) is 0.562. The predicted octanol–water partition coefficient (Wildman–Crippen LogP) is 3.76. The van der Waals surface area contributed by atoms with Crippen molar-refractivity contribution in [3.63, 3.8) is 0 Å². The summed E-state index contributed by atoms with van der Waals surface area (Å²) in [6, 6.07) is 7.96. The number of nitrogens with zero attached hydrogens (tertiary/aromatic N) is 1. The van der Waals surface area contributed by atoms with Crippen molar-refractivity contribution in [2.45, 2.75) is 33.1 Å². The number of benzene rings is 1. The quantitative estimate of drug-likeness (QED) is 0.756. The van der Waals surface area contributed by atoms with E-state index in [1.165, 1.54) is 24.9 Å². The lowest BCUT2D eigenvalue weighted by Crippen LogP contribution is -2.24. The molecule has 1 aromatic carbocycles. The van der Waals surface area contributed by atoms with Crippen LogP contribution in [0.5, 0.6) is 0 Å². The molecule has 0 aliphatic carbocycles. The maximum absolute atomic E-state index is 10.7. The maximum atomic E-state index is 10.7. The molecular weight excluding hydrogens is 222 g/mol. The van der Waals surface area contributed by atoms with Crippen LogP contribution in [0.2, 0.25) is 0 Å². The first-order valence-corrected chi connectivity index (χ1v) is 7.01. The normalized spacial score (nSPS) is 20.8. The second-order valence-electron chi connectivity index (χ2n) is 5.63. The molecule has 0 bridgehead atoms. The summed E-state index contributed by atoms with van der Waals surface area (Å²) < 4.78 is 0. The Morgan fingerprint density at radius 2 is 1.89 bits per heavy atom. The molecule has 1 heterocycles. The highest BCUT2D eigenvalue weighted by molar-refractivity contribution is 5.75. The lowest BCUT2D eigenvalue weighted by molar-refractivity contribution is 0.112. The molecule has 0 saturated carbocycles. The maximum Gasteiger partial charge on any atom is 0.150 e. The summed E-state index contributed by atoms with van der Waals surface area (Å²) in [6.45, 7) is 6.95. The van der Waals surface area contributed by atoms with E-state index in [2.05, 4.69) is 30.9 Å². The van der Waals surface area contributed by atoms with Crippen molar-refractivity contribution in [1.29, 1.82) is 0 Å². The number of anilines is 1. The fourth-order valence-electron chi connectivity index (χ4n) is 2.81. The highest BCUT2D eigenvalue weighted by atomic mass is 16.1. The Morgan fingerprint density at radius 3 is 2.50 bits per heavy atom. The molecule has 2 heteroatoms. The lowest BCUT2D eigenvalue weighted by Gasteiger charge is -2.23. The topological polar surface area (TPSA) is 20.3 Å². The molecular formula is C16H23NO. The Labute approximate surface area is 110 Å². The predicted molar refractivity (Wildman–Crippen MR) is 76.2 cm³/mol. The van der Waals surface area contributed by atoms with Crippen LogP contribution >= 0.6 is 0 Å². The molecule has 0 radical (unpaired) electrons. The molecule has 2 nitrogen and oxygen atoms in total. The molecule has 18 heavy (non-hydrogen) atoms.